The van der Waals surface area contributed by atoms with E-state index >= 15 is 0 Å². The molecule has 2 atom stereocenters. The number of aliphatic hydroxyl groups excluding tert-OH is 1. The Morgan fingerprint density at radius 3 is 2.35 bits per heavy atom. The van der Waals surface area contributed by atoms with Crippen LogP contribution in [0.25, 0.3) is 0 Å². The van der Waals surface area contributed by atoms with Gasteiger partial charge >= 0.3 is 6.03 Å². The molecule has 4 amide bonds. The van der Waals surface area contributed by atoms with Crippen molar-refractivity contribution < 1.29 is 24.3 Å². The van der Waals surface area contributed by atoms with E-state index in [0.717, 1.165) is 0 Å². The lowest BCUT2D eigenvalue weighted by Gasteiger charge is -2.24. The molecule has 1 aromatic carbocycles. The SMILES string of the molecule is C#CCCCC(=O)NC(C(=O)C[C@@H](CCCNC(N)=O)C(=O)Nc1ccc(CO)cc1)C(C)C. The van der Waals surface area contributed by atoms with Gasteiger partial charge in [0, 0.05) is 37.4 Å². The van der Waals surface area contributed by atoms with Crippen molar-refractivity contribution >= 4 is 29.3 Å². The van der Waals surface area contributed by atoms with Gasteiger partial charge in [-0.15, -0.1) is 12.3 Å². The number of rotatable bonds is 15. The van der Waals surface area contributed by atoms with Crippen molar-refractivity contribution in [1.82, 2.24) is 10.6 Å². The third-order valence-corrected chi connectivity index (χ3v) is 5.31. The van der Waals surface area contributed by atoms with E-state index in [1.165, 1.54) is 0 Å². The van der Waals surface area contributed by atoms with E-state index in [-0.39, 0.29) is 49.5 Å². The Bertz CT molecular complexity index is 861. The quantitative estimate of drug-likeness (QED) is 0.196. The molecule has 0 saturated heterocycles. The standard InChI is InChI=1S/C25H36N4O5/c1-4-5-6-9-22(32)29-23(17(2)3)21(31)15-19(8-7-14-27-25(26)34)24(33)28-20-12-10-18(16-30)11-13-20/h1,10-13,17,19,23,30H,5-9,14-16H2,2-3H3,(H,28,33)(H,29,32)(H3,26,27,34)/t19-,23?/m1/s1. The third-order valence-electron chi connectivity index (χ3n) is 5.31. The van der Waals surface area contributed by atoms with Gasteiger partial charge in [-0.25, -0.2) is 4.79 Å². The summed E-state index contributed by atoms with van der Waals surface area (Å²) in [6.07, 6.45) is 7.19. The predicted molar refractivity (Wildman–Crippen MR) is 130 cm³/mol. The van der Waals surface area contributed by atoms with Gasteiger partial charge in [0.2, 0.25) is 11.8 Å². The summed E-state index contributed by atoms with van der Waals surface area (Å²) in [6.45, 7) is 3.83. The number of nitrogens with two attached hydrogens (primary N) is 1. The highest BCUT2D eigenvalue weighted by Crippen LogP contribution is 2.19. The number of urea groups is 1. The van der Waals surface area contributed by atoms with E-state index in [1.54, 1.807) is 24.3 Å². The number of terminal acetylenes is 1. The minimum absolute atomic E-state index is 0.0649. The monoisotopic (exact) mass is 472 g/mol. The Morgan fingerprint density at radius 1 is 1.12 bits per heavy atom. The third kappa shape index (κ3) is 11.0. The zero-order valence-electron chi connectivity index (χ0n) is 19.9. The fourth-order valence-electron chi connectivity index (χ4n) is 3.41. The molecular weight excluding hydrogens is 436 g/mol. The lowest BCUT2D eigenvalue weighted by molar-refractivity contribution is -0.131. The maximum Gasteiger partial charge on any atom is 0.312 e. The van der Waals surface area contributed by atoms with Crippen molar-refractivity contribution in [2.24, 2.45) is 17.6 Å². The normalized spacial score (nSPS) is 12.3. The summed E-state index contributed by atoms with van der Waals surface area (Å²) in [4.78, 5) is 49.2. The van der Waals surface area contributed by atoms with Crippen LogP contribution in [0.15, 0.2) is 24.3 Å². The Labute approximate surface area is 201 Å². The van der Waals surface area contributed by atoms with Crippen LogP contribution < -0.4 is 21.7 Å². The molecule has 1 aromatic rings. The van der Waals surface area contributed by atoms with Gasteiger partial charge in [0.1, 0.15) is 0 Å². The van der Waals surface area contributed by atoms with E-state index in [0.29, 0.717) is 36.9 Å². The topological polar surface area (TPSA) is 151 Å². The molecule has 0 radical (unpaired) electrons. The summed E-state index contributed by atoms with van der Waals surface area (Å²) in [5.74, 6) is 0.826. The highest BCUT2D eigenvalue weighted by atomic mass is 16.3. The first-order chi connectivity index (χ1) is 16.2. The lowest BCUT2D eigenvalue weighted by atomic mass is 9.89. The minimum atomic E-state index is -0.721. The average Bonchev–Trinajstić information content (AvgIpc) is 2.79. The molecular formula is C25H36N4O5. The van der Waals surface area contributed by atoms with Crippen LogP contribution in [-0.2, 0) is 21.0 Å². The smallest absolute Gasteiger partial charge is 0.312 e. The molecule has 0 aromatic heterocycles. The number of benzene rings is 1. The number of unbranched alkanes of at least 4 members (excludes halogenated alkanes) is 1. The number of nitrogens with one attached hydrogen (secondary N) is 3. The molecule has 0 saturated carbocycles. The van der Waals surface area contributed by atoms with Crippen LogP contribution in [0.2, 0.25) is 0 Å². The molecule has 186 valence electrons. The van der Waals surface area contributed by atoms with Crippen LogP contribution >= 0.6 is 0 Å². The molecule has 9 heteroatoms. The van der Waals surface area contributed by atoms with Gasteiger partial charge in [0.25, 0.3) is 0 Å². The number of amides is 4. The number of carbonyl (C=O) groups excluding carboxylic acids is 4. The number of Topliss-reactive ketones (excluding diaryl/α,β-unsaturated/α-hetero) is 1. The number of carbonyl (C=O) groups is 4. The second-order valence-corrected chi connectivity index (χ2v) is 8.49. The van der Waals surface area contributed by atoms with E-state index in [1.807, 2.05) is 13.8 Å². The van der Waals surface area contributed by atoms with Crippen LogP contribution in [-0.4, -0.2) is 41.3 Å². The Hall–Kier alpha value is -3.38. The molecule has 1 unspecified atom stereocenters. The molecule has 34 heavy (non-hydrogen) atoms. The van der Waals surface area contributed by atoms with Gasteiger partial charge < -0.3 is 26.8 Å². The summed E-state index contributed by atoms with van der Waals surface area (Å²) in [5, 5.41) is 17.2. The zero-order chi connectivity index (χ0) is 25.5. The van der Waals surface area contributed by atoms with Gasteiger partial charge in [0.05, 0.1) is 12.6 Å². The maximum absolute atomic E-state index is 13.1. The number of ketones is 1. The summed E-state index contributed by atoms with van der Waals surface area (Å²) < 4.78 is 0. The summed E-state index contributed by atoms with van der Waals surface area (Å²) in [5.41, 5.74) is 6.33. The Morgan fingerprint density at radius 2 is 1.79 bits per heavy atom. The number of hydrogen-bond acceptors (Lipinski definition) is 5. The van der Waals surface area contributed by atoms with Crippen molar-refractivity contribution in [2.45, 2.75) is 65.0 Å². The van der Waals surface area contributed by atoms with Gasteiger partial charge in [-0.1, -0.05) is 26.0 Å². The molecule has 0 spiro atoms. The lowest BCUT2D eigenvalue weighted by Crippen LogP contribution is -2.45. The first-order valence-corrected chi connectivity index (χ1v) is 11.5. The van der Waals surface area contributed by atoms with Crippen molar-refractivity contribution in [3.63, 3.8) is 0 Å². The van der Waals surface area contributed by atoms with Crippen molar-refractivity contribution in [3.8, 4) is 12.3 Å². The number of hydrogen-bond donors (Lipinski definition) is 5. The number of primary amides is 1. The van der Waals surface area contributed by atoms with Gasteiger partial charge in [0.15, 0.2) is 5.78 Å². The van der Waals surface area contributed by atoms with Crippen LogP contribution in [0, 0.1) is 24.2 Å². The fraction of sp³-hybridized carbons (Fsp3) is 0.520. The summed E-state index contributed by atoms with van der Waals surface area (Å²) >= 11 is 0. The van der Waals surface area contributed by atoms with Crippen LogP contribution in [0.5, 0.6) is 0 Å². The first kappa shape index (κ1) is 28.7. The van der Waals surface area contributed by atoms with Crippen LogP contribution in [0.1, 0.15) is 57.9 Å². The van der Waals surface area contributed by atoms with Crippen LogP contribution in [0.3, 0.4) is 0 Å². The summed E-state index contributed by atoms with van der Waals surface area (Å²) in [7, 11) is 0. The molecule has 0 bridgehead atoms. The first-order valence-electron chi connectivity index (χ1n) is 11.5. The van der Waals surface area contributed by atoms with Crippen LogP contribution in [0.4, 0.5) is 10.5 Å². The van der Waals surface area contributed by atoms with E-state index in [2.05, 4.69) is 21.9 Å². The molecule has 6 N–H and O–H groups in total. The van der Waals surface area contributed by atoms with Crippen molar-refractivity contribution in [2.75, 3.05) is 11.9 Å². The second kappa shape index (κ2) is 15.5. The Kier molecular flexibility index (Phi) is 13.0. The predicted octanol–water partition coefficient (Wildman–Crippen LogP) is 2.09. The molecule has 0 aliphatic carbocycles. The maximum atomic E-state index is 13.1. The van der Waals surface area contributed by atoms with E-state index in [9.17, 15) is 24.3 Å². The average molecular weight is 473 g/mol. The van der Waals surface area contributed by atoms with Crippen molar-refractivity contribution in [1.29, 1.82) is 0 Å². The minimum Gasteiger partial charge on any atom is -0.392 e. The molecule has 0 aliphatic rings. The number of aliphatic hydroxyl groups is 1. The highest BCUT2D eigenvalue weighted by Gasteiger charge is 2.29. The van der Waals surface area contributed by atoms with E-state index in [4.69, 9.17) is 12.2 Å². The molecule has 0 heterocycles. The molecule has 0 aliphatic heterocycles. The van der Waals surface area contributed by atoms with Gasteiger partial charge in [-0.05, 0) is 42.9 Å². The molecule has 0 fully saturated rings. The van der Waals surface area contributed by atoms with E-state index < -0.39 is 18.0 Å². The summed E-state index contributed by atoms with van der Waals surface area (Å²) in [6, 6.07) is 5.35. The zero-order valence-corrected chi connectivity index (χ0v) is 19.9. The highest BCUT2D eigenvalue weighted by molar-refractivity contribution is 5.97. The largest absolute Gasteiger partial charge is 0.392 e. The molecule has 1 rings (SSSR count). The molecule has 9 nitrogen and oxygen atoms in total. The fourth-order valence-corrected chi connectivity index (χ4v) is 3.41. The number of anilines is 1. The van der Waals surface area contributed by atoms with Crippen molar-refractivity contribution in [3.05, 3.63) is 29.8 Å². The van der Waals surface area contributed by atoms with Gasteiger partial charge in [-0.3, -0.25) is 14.4 Å². The second-order valence-electron chi connectivity index (χ2n) is 8.49. The van der Waals surface area contributed by atoms with Gasteiger partial charge in [-0.2, -0.15) is 0 Å². The Balaban J connectivity index is 2.87.